The highest BCUT2D eigenvalue weighted by atomic mass is 35.5. The Balaban J connectivity index is 1.39. The number of rotatable bonds is 3. The molecule has 3 heterocycles. The molecule has 0 spiro atoms. The van der Waals surface area contributed by atoms with Gasteiger partial charge in [0.25, 0.3) is 0 Å². The molecule has 5 nitrogen and oxygen atoms in total. The summed E-state index contributed by atoms with van der Waals surface area (Å²) in [5.41, 5.74) is 1.37. The van der Waals surface area contributed by atoms with Crippen LogP contribution >= 0.6 is 11.6 Å². The van der Waals surface area contributed by atoms with Crippen LogP contribution in [0.25, 0.3) is 10.9 Å². The molecule has 2 aliphatic heterocycles. The highest BCUT2D eigenvalue weighted by molar-refractivity contribution is 6.35. The number of fused-ring (bicyclic) bond motifs is 1. The fraction of sp³-hybridized carbons (Fsp3) is 0.619. The van der Waals surface area contributed by atoms with Crippen molar-refractivity contribution < 1.29 is 9.90 Å². The van der Waals surface area contributed by atoms with Gasteiger partial charge in [-0.3, -0.25) is 9.48 Å². The Kier molecular flexibility index (Phi) is 3.86. The summed E-state index contributed by atoms with van der Waals surface area (Å²) >= 11 is 6.44. The zero-order valence-electron chi connectivity index (χ0n) is 15.9. The standard InChI is InChI=1S/C21H26ClN3O2/c1-12(20-19-16(22)4-3-5-17(19)24(2)23-20)6-18(26)25-14-7-13-8-15(25)11-21(27,9-13)10-14/h3-5,12-15,27H,6-11H2,1-2H3. The van der Waals surface area contributed by atoms with E-state index in [-0.39, 0.29) is 23.9 Å². The molecule has 4 aliphatic rings. The summed E-state index contributed by atoms with van der Waals surface area (Å²) in [7, 11) is 1.92. The van der Waals surface area contributed by atoms with E-state index < -0.39 is 5.60 Å². The van der Waals surface area contributed by atoms with Crippen molar-refractivity contribution >= 4 is 28.4 Å². The minimum absolute atomic E-state index is 0.00127. The Hall–Kier alpha value is -1.59. The van der Waals surface area contributed by atoms with E-state index in [1.54, 1.807) is 0 Å². The lowest BCUT2D eigenvalue weighted by Gasteiger charge is -2.59. The molecule has 1 aromatic carbocycles. The number of amides is 1. The van der Waals surface area contributed by atoms with Crippen LogP contribution in [0.2, 0.25) is 5.02 Å². The average molecular weight is 388 g/mol. The van der Waals surface area contributed by atoms with E-state index >= 15 is 0 Å². The number of benzene rings is 1. The molecule has 2 saturated carbocycles. The number of nitrogens with zero attached hydrogens (tertiary/aromatic N) is 3. The van der Waals surface area contributed by atoms with Crippen molar-refractivity contribution in [3.05, 3.63) is 28.9 Å². The maximum Gasteiger partial charge on any atom is 0.223 e. The van der Waals surface area contributed by atoms with Gasteiger partial charge in [-0.15, -0.1) is 0 Å². The highest BCUT2D eigenvalue weighted by Crippen LogP contribution is 2.51. The third-order valence-corrected chi connectivity index (χ3v) is 7.30. The number of piperidine rings is 2. The maximum absolute atomic E-state index is 13.2. The summed E-state index contributed by atoms with van der Waals surface area (Å²) in [6.45, 7) is 2.06. The molecule has 1 aromatic heterocycles. The van der Waals surface area contributed by atoms with Gasteiger partial charge in [-0.1, -0.05) is 24.6 Å². The van der Waals surface area contributed by atoms with E-state index in [1.807, 2.05) is 29.9 Å². The molecule has 2 aliphatic carbocycles. The smallest absolute Gasteiger partial charge is 0.223 e. The SMILES string of the molecule is CC(CC(=O)N1C2CC3CC1CC(O)(C3)C2)c1nn(C)c2cccc(Cl)c12. The summed E-state index contributed by atoms with van der Waals surface area (Å²) in [6, 6.07) is 6.24. The van der Waals surface area contributed by atoms with E-state index in [9.17, 15) is 9.90 Å². The quantitative estimate of drug-likeness (QED) is 0.874. The van der Waals surface area contributed by atoms with Gasteiger partial charge in [-0.2, -0.15) is 5.10 Å². The molecular formula is C21H26ClN3O2. The normalized spacial score (nSPS) is 33.0. The first-order chi connectivity index (χ1) is 12.8. The van der Waals surface area contributed by atoms with Crippen LogP contribution < -0.4 is 0 Å². The molecule has 4 bridgehead atoms. The van der Waals surface area contributed by atoms with Crippen molar-refractivity contribution in [2.45, 2.75) is 69.1 Å². The second-order valence-corrected chi connectivity index (χ2v) is 9.44. The molecule has 6 rings (SSSR count). The lowest BCUT2D eigenvalue weighted by Crippen LogP contribution is -2.65. The fourth-order valence-electron chi connectivity index (χ4n) is 6.10. The van der Waals surface area contributed by atoms with Gasteiger partial charge in [0.1, 0.15) is 0 Å². The molecule has 3 atom stereocenters. The average Bonchev–Trinajstić information content (AvgIpc) is 2.91. The molecule has 27 heavy (non-hydrogen) atoms. The van der Waals surface area contributed by atoms with Crippen molar-refractivity contribution in [3.8, 4) is 0 Å². The summed E-state index contributed by atoms with van der Waals surface area (Å²) in [5.74, 6) is 0.791. The van der Waals surface area contributed by atoms with Crippen molar-refractivity contribution in [2.75, 3.05) is 0 Å². The Morgan fingerprint density at radius 3 is 2.70 bits per heavy atom. The largest absolute Gasteiger partial charge is 0.390 e. The van der Waals surface area contributed by atoms with E-state index in [4.69, 9.17) is 11.6 Å². The monoisotopic (exact) mass is 387 g/mol. The third kappa shape index (κ3) is 2.70. The van der Waals surface area contributed by atoms with Gasteiger partial charge < -0.3 is 10.0 Å². The van der Waals surface area contributed by atoms with E-state index in [1.165, 1.54) is 0 Å². The second kappa shape index (κ2) is 5.95. The first kappa shape index (κ1) is 17.5. The van der Waals surface area contributed by atoms with Crippen LogP contribution in [0.3, 0.4) is 0 Å². The van der Waals surface area contributed by atoms with Gasteiger partial charge in [0.15, 0.2) is 0 Å². The Morgan fingerprint density at radius 2 is 2.04 bits per heavy atom. The van der Waals surface area contributed by atoms with Crippen molar-refractivity contribution in [3.63, 3.8) is 0 Å². The molecule has 0 radical (unpaired) electrons. The Labute approximate surface area is 164 Å². The molecular weight excluding hydrogens is 362 g/mol. The predicted octanol–water partition coefficient (Wildman–Crippen LogP) is 3.62. The number of carbonyl (C=O) groups excluding carboxylic acids is 1. The summed E-state index contributed by atoms with van der Waals surface area (Å²) in [4.78, 5) is 15.3. The van der Waals surface area contributed by atoms with Crippen molar-refractivity contribution in [1.29, 1.82) is 0 Å². The Morgan fingerprint density at radius 1 is 1.33 bits per heavy atom. The molecule has 3 unspecified atom stereocenters. The van der Waals surface area contributed by atoms with Gasteiger partial charge in [0.2, 0.25) is 5.91 Å². The van der Waals surface area contributed by atoms with Gasteiger partial charge in [0, 0.05) is 36.9 Å². The van der Waals surface area contributed by atoms with Gasteiger partial charge in [-0.05, 0) is 50.2 Å². The highest BCUT2D eigenvalue weighted by Gasteiger charge is 2.54. The lowest BCUT2D eigenvalue weighted by atomic mass is 9.61. The maximum atomic E-state index is 13.2. The van der Waals surface area contributed by atoms with Crippen LogP contribution in [0.15, 0.2) is 18.2 Å². The van der Waals surface area contributed by atoms with Crippen LogP contribution in [-0.4, -0.2) is 43.4 Å². The van der Waals surface area contributed by atoms with E-state index in [0.29, 0.717) is 17.4 Å². The van der Waals surface area contributed by atoms with Gasteiger partial charge >= 0.3 is 0 Å². The number of aliphatic hydroxyl groups is 1. The zero-order valence-corrected chi connectivity index (χ0v) is 16.6. The van der Waals surface area contributed by atoms with Crippen LogP contribution in [0.1, 0.15) is 57.1 Å². The second-order valence-electron chi connectivity index (χ2n) is 9.03. The minimum atomic E-state index is -0.524. The number of halogens is 1. The first-order valence-electron chi connectivity index (χ1n) is 9.99. The van der Waals surface area contributed by atoms with E-state index in [0.717, 1.165) is 48.7 Å². The topological polar surface area (TPSA) is 58.4 Å². The molecule has 144 valence electrons. The number of hydrogen-bond acceptors (Lipinski definition) is 3. The van der Waals surface area contributed by atoms with Gasteiger partial charge in [0.05, 0.1) is 21.8 Å². The van der Waals surface area contributed by atoms with Crippen LogP contribution in [0.4, 0.5) is 0 Å². The summed E-state index contributed by atoms with van der Waals surface area (Å²) in [5, 5.41) is 17.1. The summed E-state index contributed by atoms with van der Waals surface area (Å²) in [6.07, 6.45) is 4.97. The number of aryl methyl sites for hydroxylation is 1. The molecule has 2 saturated heterocycles. The Bertz CT molecular complexity index is 908. The fourth-order valence-corrected chi connectivity index (χ4v) is 6.37. The molecule has 2 aromatic rings. The first-order valence-corrected chi connectivity index (χ1v) is 10.4. The number of carbonyl (C=O) groups is 1. The predicted molar refractivity (Wildman–Crippen MR) is 105 cm³/mol. The number of aromatic nitrogens is 2. The van der Waals surface area contributed by atoms with Gasteiger partial charge in [-0.25, -0.2) is 0 Å². The third-order valence-electron chi connectivity index (χ3n) is 6.99. The van der Waals surface area contributed by atoms with Crippen LogP contribution in [0, 0.1) is 5.92 Å². The lowest BCUT2D eigenvalue weighted by molar-refractivity contribution is -0.174. The van der Waals surface area contributed by atoms with Crippen molar-refractivity contribution in [2.24, 2.45) is 13.0 Å². The van der Waals surface area contributed by atoms with E-state index in [2.05, 4.69) is 16.9 Å². The molecule has 1 amide bonds. The summed E-state index contributed by atoms with van der Waals surface area (Å²) < 4.78 is 1.84. The minimum Gasteiger partial charge on any atom is -0.390 e. The molecule has 1 N–H and O–H groups in total. The van der Waals surface area contributed by atoms with Crippen LogP contribution in [-0.2, 0) is 11.8 Å². The molecule has 4 fully saturated rings. The molecule has 6 heteroatoms. The number of hydrogen-bond donors (Lipinski definition) is 1. The zero-order chi connectivity index (χ0) is 18.9. The van der Waals surface area contributed by atoms with Crippen molar-refractivity contribution in [1.82, 2.24) is 14.7 Å². The van der Waals surface area contributed by atoms with Crippen LogP contribution in [0.5, 0.6) is 0 Å².